The number of hydrogen-bond acceptors (Lipinski definition) is 2. The van der Waals surface area contributed by atoms with Crippen molar-refractivity contribution in [1.29, 1.82) is 0 Å². The van der Waals surface area contributed by atoms with Crippen LogP contribution in [0.3, 0.4) is 0 Å². The van der Waals surface area contributed by atoms with Crippen LogP contribution in [-0.4, -0.2) is 34.6 Å². The number of unbranched alkanes of at least 4 members (excludes halogenated alkanes) is 2. The van der Waals surface area contributed by atoms with Crippen LogP contribution in [0.15, 0.2) is 0 Å². The van der Waals surface area contributed by atoms with Gasteiger partial charge in [0.15, 0.2) is 0 Å². The number of carbonyl (C=O) groups is 1. The van der Waals surface area contributed by atoms with Crippen molar-refractivity contribution < 1.29 is 9.90 Å². The van der Waals surface area contributed by atoms with Gasteiger partial charge < -0.3 is 5.11 Å². The SMILES string of the molecule is CCCCCN1CCCC(CC(=O)O)C1(C)C. The molecule has 1 N–H and O–H groups in total. The molecule has 1 unspecified atom stereocenters. The fraction of sp³-hybridized carbons (Fsp3) is 0.929. The minimum Gasteiger partial charge on any atom is -0.481 e. The third kappa shape index (κ3) is 3.98. The highest BCUT2D eigenvalue weighted by molar-refractivity contribution is 5.67. The van der Waals surface area contributed by atoms with Gasteiger partial charge in [0.05, 0.1) is 0 Å². The molecule has 1 heterocycles. The lowest BCUT2D eigenvalue weighted by atomic mass is 9.77. The Kier molecular flexibility index (Phi) is 5.44. The predicted molar refractivity (Wildman–Crippen MR) is 70.2 cm³/mol. The molecule has 0 spiro atoms. The zero-order valence-electron chi connectivity index (χ0n) is 11.5. The van der Waals surface area contributed by atoms with Crippen LogP contribution in [0.25, 0.3) is 0 Å². The maximum atomic E-state index is 10.9. The first-order valence-electron chi connectivity index (χ1n) is 6.95. The molecule has 0 aromatic heterocycles. The number of hydrogen-bond donors (Lipinski definition) is 1. The van der Waals surface area contributed by atoms with E-state index >= 15 is 0 Å². The van der Waals surface area contributed by atoms with Crippen molar-refractivity contribution >= 4 is 5.97 Å². The minimum absolute atomic E-state index is 0.0460. The Hall–Kier alpha value is -0.570. The van der Waals surface area contributed by atoms with Gasteiger partial charge in [-0.05, 0) is 52.1 Å². The summed E-state index contributed by atoms with van der Waals surface area (Å²) in [6, 6.07) is 0. The van der Waals surface area contributed by atoms with Gasteiger partial charge in [0.1, 0.15) is 0 Å². The van der Waals surface area contributed by atoms with Gasteiger partial charge >= 0.3 is 5.97 Å². The Balaban J connectivity index is 2.56. The predicted octanol–water partition coefficient (Wildman–Crippen LogP) is 3.14. The molecule has 0 aromatic carbocycles. The Labute approximate surface area is 105 Å². The largest absolute Gasteiger partial charge is 0.481 e. The van der Waals surface area contributed by atoms with Crippen molar-refractivity contribution in [1.82, 2.24) is 4.90 Å². The molecule has 0 aliphatic carbocycles. The summed E-state index contributed by atoms with van der Waals surface area (Å²) < 4.78 is 0. The maximum absolute atomic E-state index is 10.9. The first-order valence-corrected chi connectivity index (χ1v) is 6.95. The number of likely N-dealkylation sites (tertiary alicyclic amines) is 1. The second-order valence-corrected chi connectivity index (χ2v) is 5.78. The average Bonchev–Trinajstić information content (AvgIpc) is 2.23. The van der Waals surface area contributed by atoms with Crippen LogP contribution >= 0.6 is 0 Å². The highest BCUT2D eigenvalue weighted by Gasteiger charge is 2.38. The number of aliphatic carboxylic acids is 1. The number of piperidine rings is 1. The molecule has 0 saturated carbocycles. The van der Waals surface area contributed by atoms with E-state index in [1.807, 2.05) is 0 Å². The Morgan fingerprint density at radius 2 is 2.12 bits per heavy atom. The summed E-state index contributed by atoms with van der Waals surface area (Å²) in [4.78, 5) is 13.4. The van der Waals surface area contributed by atoms with Crippen LogP contribution < -0.4 is 0 Å². The second-order valence-electron chi connectivity index (χ2n) is 5.78. The third-order valence-corrected chi connectivity index (χ3v) is 4.25. The van der Waals surface area contributed by atoms with Gasteiger partial charge in [0.25, 0.3) is 0 Å². The smallest absolute Gasteiger partial charge is 0.303 e. The molecular formula is C14H27NO2. The summed E-state index contributed by atoms with van der Waals surface area (Å²) in [5.41, 5.74) is 0.0460. The molecule has 3 heteroatoms. The van der Waals surface area contributed by atoms with Gasteiger partial charge in [-0.2, -0.15) is 0 Å². The van der Waals surface area contributed by atoms with Crippen molar-refractivity contribution in [2.75, 3.05) is 13.1 Å². The highest BCUT2D eigenvalue weighted by Crippen LogP contribution is 2.35. The third-order valence-electron chi connectivity index (χ3n) is 4.25. The molecule has 1 saturated heterocycles. The molecule has 0 bridgehead atoms. The lowest BCUT2D eigenvalue weighted by Gasteiger charge is -2.48. The summed E-state index contributed by atoms with van der Waals surface area (Å²) in [6.07, 6.45) is 6.27. The summed E-state index contributed by atoms with van der Waals surface area (Å²) in [6.45, 7) is 8.90. The Morgan fingerprint density at radius 3 is 2.71 bits per heavy atom. The molecule has 1 atom stereocenters. The molecule has 1 rings (SSSR count). The van der Waals surface area contributed by atoms with E-state index in [4.69, 9.17) is 5.11 Å². The summed E-state index contributed by atoms with van der Waals surface area (Å²) in [7, 11) is 0. The van der Waals surface area contributed by atoms with Crippen molar-refractivity contribution in [3.8, 4) is 0 Å². The van der Waals surface area contributed by atoms with Crippen LogP contribution in [0.4, 0.5) is 0 Å². The molecular weight excluding hydrogens is 214 g/mol. The van der Waals surface area contributed by atoms with Crippen LogP contribution in [0.2, 0.25) is 0 Å². The maximum Gasteiger partial charge on any atom is 0.303 e. The fourth-order valence-corrected chi connectivity index (χ4v) is 2.94. The normalized spacial score (nSPS) is 24.8. The van der Waals surface area contributed by atoms with Crippen LogP contribution in [-0.2, 0) is 4.79 Å². The van der Waals surface area contributed by atoms with Crippen molar-refractivity contribution in [2.24, 2.45) is 5.92 Å². The Morgan fingerprint density at radius 1 is 1.41 bits per heavy atom. The topological polar surface area (TPSA) is 40.5 Å². The molecule has 1 fully saturated rings. The number of rotatable bonds is 6. The van der Waals surface area contributed by atoms with Crippen LogP contribution in [0.5, 0.6) is 0 Å². The molecule has 0 aromatic rings. The van der Waals surface area contributed by atoms with Gasteiger partial charge in [-0.1, -0.05) is 19.8 Å². The van der Waals surface area contributed by atoms with E-state index in [1.54, 1.807) is 0 Å². The van der Waals surface area contributed by atoms with Gasteiger partial charge in [-0.3, -0.25) is 9.69 Å². The molecule has 1 aliphatic rings. The molecule has 3 nitrogen and oxygen atoms in total. The van der Waals surface area contributed by atoms with Gasteiger partial charge in [-0.25, -0.2) is 0 Å². The lowest BCUT2D eigenvalue weighted by Crippen LogP contribution is -2.53. The molecule has 1 aliphatic heterocycles. The summed E-state index contributed by atoms with van der Waals surface area (Å²) in [5, 5.41) is 8.98. The number of carboxylic acids is 1. The van der Waals surface area contributed by atoms with Gasteiger partial charge in [-0.15, -0.1) is 0 Å². The minimum atomic E-state index is -0.654. The van der Waals surface area contributed by atoms with Crippen molar-refractivity contribution in [2.45, 2.75) is 64.8 Å². The number of nitrogens with zero attached hydrogens (tertiary/aromatic N) is 1. The molecule has 17 heavy (non-hydrogen) atoms. The highest BCUT2D eigenvalue weighted by atomic mass is 16.4. The van der Waals surface area contributed by atoms with E-state index in [0.29, 0.717) is 12.3 Å². The fourth-order valence-electron chi connectivity index (χ4n) is 2.94. The zero-order valence-corrected chi connectivity index (χ0v) is 11.5. The van der Waals surface area contributed by atoms with E-state index < -0.39 is 5.97 Å². The van der Waals surface area contributed by atoms with Crippen LogP contribution in [0, 0.1) is 5.92 Å². The van der Waals surface area contributed by atoms with E-state index in [0.717, 1.165) is 25.9 Å². The summed E-state index contributed by atoms with van der Waals surface area (Å²) >= 11 is 0. The summed E-state index contributed by atoms with van der Waals surface area (Å²) in [5.74, 6) is -0.353. The standard InChI is InChI=1S/C14H27NO2/c1-4-5-6-9-15-10-7-8-12(11-13(16)17)14(15,2)3/h12H,4-11H2,1-3H3,(H,16,17). The van der Waals surface area contributed by atoms with Gasteiger partial charge in [0.2, 0.25) is 0 Å². The lowest BCUT2D eigenvalue weighted by molar-refractivity contribution is -0.140. The monoisotopic (exact) mass is 241 g/mol. The van der Waals surface area contributed by atoms with E-state index in [2.05, 4.69) is 25.7 Å². The average molecular weight is 241 g/mol. The van der Waals surface area contributed by atoms with E-state index in [1.165, 1.54) is 19.3 Å². The quantitative estimate of drug-likeness (QED) is 0.726. The molecule has 100 valence electrons. The number of carboxylic acid groups (broad SMARTS) is 1. The zero-order chi connectivity index (χ0) is 12.9. The first kappa shape index (κ1) is 14.5. The van der Waals surface area contributed by atoms with Crippen molar-refractivity contribution in [3.05, 3.63) is 0 Å². The Bertz CT molecular complexity index is 251. The van der Waals surface area contributed by atoms with E-state index in [-0.39, 0.29) is 5.54 Å². The first-order chi connectivity index (χ1) is 7.98. The van der Waals surface area contributed by atoms with E-state index in [9.17, 15) is 4.79 Å². The van der Waals surface area contributed by atoms with Crippen LogP contribution in [0.1, 0.15) is 59.3 Å². The molecule has 0 radical (unpaired) electrons. The molecule has 0 amide bonds. The van der Waals surface area contributed by atoms with Crippen molar-refractivity contribution in [3.63, 3.8) is 0 Å². The second kappa shape index (κ2) is 6.39. The van der Waals surface area contributed by atoms with Gasteiger partial charge in [0, 0.05) is 12.0 Å².